The minimum Gasteiger partial charge on any atom is -0.480 e. The fourth-order valence-corrected chi connectivity index (χ4v) is 2.39. The van der Waals surface area contributed by atoms with E-state index in [1.165, 1.54) is 12.1 Å². The minimum atomic E-state index is -1.00. The van der Waals surface area contributed by atoms with E-state index in [1.807, 2.05) is 6.92 Å². The molecule has 0 aliphatic heterocycles. The summed E-state index contributed by atoms with van der Waals surface area (Å²) in [4.78, 5) is 23.0. The van der Waals surface area contributed by atoms with Crippen LogP contribution in [0.15, 0.2) is 24.3 Å². The smallest absolute Gasteiger partial charge is 0.326 e. The third-order valence-corrected chi connectivity index (χ3v) is 3.62. The van der Waals surface area contributed by atoms with Gasteiger partial charge in [-0.2, -0.15) is 0 Å². The lowest BCUT2D eigenvalue weighted by atomic mass is 10.1. The Hall–Kier alpha value is -1.91. The molecule has 0 bridgehead atoms. The number of nitrogens with one attached hydrogen (secondary N) is 1. The summed E-state index contributed by atoms with van der Waals surface area (Å²) in [5, 5.41) is 11.6. The molecule has 3 atom stereocenters. The van der Waals surface area contributed by atoms with Crippen LogP contribution in [0.25, 0.3) is 0 Å². The van der Waals surface area contributed by atoms with Gasteiger partial charge < -0.3 is 10.4 Å². The van der Waals surface area contributed by atoms with E-state index < -0.39 is 12.0 Å². The van der Waals surface area contributed by atoms with Gasteiger partial charge in [0, 0.05) is 5.92 Å². The van der Waals surface area contributed by atoms with Gasteiger partial charge in [-0.1, -0.05) is 25.5 Å². The molecule has 2 rings (SSSR count). The second-order valence-electron chi connectivity index (χ2n) is 5.19. The number of benzene rings is 1. The minimum absolute atomic E-state index is 0.0756. The highest BCUT2D eigenvalue weighted by Crippen LogP contribution is 2.47. The first-order chi connectivity index (χ1) is 9.52. The number of aliphatic carboxylic acids is 1. The summed E-state index contributed by atoms with van der Waals surface area (Å²) < 4.78 is 12.8. The molecule has 1 amide bonds. The quantitative estimate of drug-likeness (QED) is 0.839. The number of hydrogen-bond acceptors (Lipinski definition) is 2. The van der Waals surface area contributed by atoms with E-state index >= 15 is 0 Å². The molecule has 20 heavy (non-hydrogen) atoms. The molecule has 0 saturated heterocycles. The van der Waals surface area contributed by atoms with Gasteiger partial charge in [0.05, 0.1) is 0 Å². The maximum absolute atomic E-state index is 12.8. The Balaban J connectivity index is 1.92. The topological polar surface area (TPSA) is 66.4 Å². The van der Waals surface area contributed by atoms with Crippen molar-refractivity contribution < 1.29 is 19.1 Å². The fourth-order valence-electron chi connectivity index (χ4n) is 2.39. The van der Waals surface area contributed by atoms with E-state index in [9.17, 15) is 14.0 Å². The van der Waals surface area contributed by atoms with Crippen LogP contribution in [0, 0.1) is 11.7 Å². The van der Waals surface area contributed by atoms with E-state index in [1.54, 1.807) is 12.1 Å². The van der Waals surface area contributed by atoms with Gasteiger partial charge in [-0.25, -0.2) is 9.18 Å². The first kappa shape index (κ1) is 14.5. The molecule has 108 valence electrons. The van der Waals surface area contributed by atoms with Crippen molar-refractivity contribution in [3.63, 3.8) is 0 Å². The van der Waals surface area contributed by atoms with Crippen molar-refractivity contribution in [2.24, 2.45) is 5.92 Å². The van der Waals surface area contributed by atoms with Crippen molar-refractivity contribution in [2.75, 3.05) is 0 Å². The van der Waals surface area contributed by atoms with Crippen LogP contribution in [0.2, 0.25) is 0 Å². The Bertz CT molecular complexity index is 500. The highest BCUT2D eigenvalue weighted by Gasteiger charge is 2.44. The van der Waals surface area contributed by atoms with Crippen LogP contribution in [-0.4, -0.2) is 23.0 Å². The molecular formula is C15H18FNO3. The highest BCUT2D eigenvalue weighted by atomic mass is 19.1. The number of amides is 1. The van der Waals surface area contributed by atoms with Gasteiger partial charge in [-0.15, -0.1) is 0 Å². The lowest BCUT2D eigenvalue weighted by molar-refractivity contribution is -0.142. The van der Waals surface area contributed by atoms with Crippen LogP contribution in [0.3, 0.4) is 0 Å². The maximum Gasteiger partial charge on any atom is 0.326 e. The third-order valence-electron chi connectivity index (χ3n) is 3.62. The van der Waals surface area contributed by atoms with Crippen LogP contribution >= 0.6 is 0 Å². The number of carbonyl (C=O) groups excluding carboxylic acids is 1. The summed E-state index contributed by atoms with van der Waals surface area (Å²) in [6, 6.07) is 5.28. The zero-order valence-electron chi connectivity index (χ0n) is 11.3. The molecule has 0 unspecified atom stereocenters. The van der Waals surface area contributed by atoms with Crippen molar-refractivity contribution in [2.45, 2.75) is 38.1 Å². The van der Waals surface area contributed by atoms with Crippen LogP contribution in [0.5, 0.6) is 0 Å². The van der Waals surface area contributed by atoms with Crippen LogP contribution in [0.4, 0.5) is 4.39 Å². The van der Waals surface area contributed by atoms with Crippen LogP contribution in [0.1, 0.15) is 37.7 Å². The first-order valence-electron chi connectivity index (χ1n) is 6.81. The molecule has 1 aromatic carbocycles. The van der Waals surface area contributed by atoms with Crippen molar-refractivity contribution in [1.29, 1.82) is 0 Å². The summed E-state index contributed by atoms with van der Waals surface area (Å²) in [7, 11) is 0. The van der Waals surface area contributed by atoms with Gasteiger partial charge in [0.25, 0.3) is 0 Å². The molecule has 2 N–H and O–H groups in total. The zero-order valence-corrected chi connectivity index (χ0v) is 11.3. The standard InChI is InChI=1S/C15H18FNO3/c1-2-3-13(15(19)20)17-14(18)12-8-11(12)9-4-6-10(16)7-5-9/h4-7,11-13H,2-3,8H2,1H3,(H,17,18)(H,19,20)/t11-,12-,13+/m1/s1. The van der Waals surface area contributed by atoms with Crippen LogP contribution < -0.4 is 5.32 Å². The average molecular weight is 279 g/mol. The Morgan fingerprint density at radius 2 is 2.05 bits per heavy atom. The summed E-state index contributed by atoms with van der Waals surface area (Å²) in [6.45, 7) is 1.88. The normalized spacial score (nSPS) is 22.1. The summed E-state index contributed by atoms with van der Waals surface area (Å²) >= 11 is 0. The van der Waals surface area contributed by atoms with Gasteiger partial charge >= 0.3 is 5.97 Å². The van der Waals surface area contributed by atoms with Gasteiger partial charge in [-0.05, 0) is 36.5 Å². The number of carboxylic acid groups (broad SMARTS) is 1. The van der Waals surface area contributed by atoms with Crippen LogP contribution in [-0.2, 0) is 9.59 Å². The molecule has 0 aromatic heterocycles. The molecule has 0 radical (unpaired) electrons. The highest BCUT2D eigenvalue weighted by molar-refractivity contribution is 5.87. The predicted molar refractivity (Wildman–Crippen MR) is 71.7 cm³/mol. The molecule has 5 heteroatoms. The molecule has 1 aliphatic carbocycles. The fraction of sp³-hybridized carbons (Fsp3) is 0.467. The van der Waals surface area contributed by atoms with E-state index in [0.717, 1.165) is 5.56 Å². The molecule has 1 fully saturated rings. The summed E-state index contributed by atoms with van der Waals surface area (Å²) in [5.74, 6) is -1.64. The number of rotatable bonds is 6. The first-order valence-corrected chi connectivity index (χ1v) is 6.81. The third kappa shape index (κ3) is 3.35. The number of carboxylic acids is 1. The molecule has 0 heterocycles. The van der Waals surface area contributed by atoms with Crippen molar-refractivity contribution >= 4 is 11.9 Å². The van der Waals surface area contributed by atoms with E-state index in [-0.39, 0.29) is 23.6 Å². The number of halogens is 1. The number of carbonyl (C=O) groups is 2. The SMILES string of the molecule is CCC[C@H](NC(=O)[C@@H]1C[C@@H]1c1ccc(F)cc1)C(=O)O. The number of hydrogen-bond donors (Lipinski definition) is 2. The molecular weight excluding hydrogens is 261 g/mol. The Labute approximate surface area is 117 Å². The largest absolute Gasteiger partial charge is 0.480 e. The van der Waals surface area contributed by atoms with Gasteiger partial charge in [0.15, 0.2) is 0 Å². The van der Waals surface area contributed by atoms with E-state index in [0.29, 0.717) is 19.3 Å². The summed E-state index contributed by atoms with van der Waals surface area (Å²) in [5.41, 5.74) is 0.925. The molecule has 1 saturated carbocycles. The Morgan fingerprint density at radius 1 is 1.40 bits per heavy atom. The second kappa shape index (κ2) is 6.03. The lowest BCUT2D eigenvalue weighted by Gasteiger charge is -2.13. The maximum atomic E-state index is 12.8. The average Bonchev–Trinajstić information content (AvgIpc) is 3.19. The van der Waals surface area contributed by atoms with Crippen molar-refractivity contribution in [1.82, 2.24) is 5.32 Å². The monoisotopic (exact) mass is 279 g/mol. The summed E-state index contributed by atoms with van der Waals surface area (Å²) in [6.07, 6.45) is 1.81. The molecule has 0 spiro atoms. The zero-order chi connectivity index (χ0) is 14.7. The Kier molecular flexibility index (Phi) is 4.37. The van der Waals surface area contributed by atoms with Gasteiger partial charge in [0.1, 0.15) is 11.9 Å². The van der Waals surface area contributed by atoms with Gasteiger partial charge in [-0.3, -0.25) is 4.79 Å². The lowest BCUT2D eigenvalue weighted by Crippen LogP contribution is -2.41. The predicted octanol–water partition coefficient (Wildman–Crippen LogP) is 2.30. The van der Waals surface area contributed by atoms with E-state index in [4.69, 9.17) is 5.11 Å². The Morgan fingerprint density at radius 3 is 2.60 bits per heavy atom. The second-order valence-corrected chi connectivity index (χ2v) is 5.19. The van der Waals surface area contributed by atoms with Gasteiger partial charge in [0.2, 0.25) is 5.91 Å². The molecule has 1 aromatic rings. The van der Waals surface area contributed by atoms with Crippen molar-refractivity contribution in [3.8, 4) is 0 Å². The van der Waals surface area contributed by atoms with E-state index in [2.05, 4.69) is 5.32 Å². The van der Waals surface area contributed by atoms with Crippen molar-refractivity contribution in [3.05, 3.63) is 35.6 Å². The molecule has 1 aliphatic rings. The molecule has 4 nitrogen and oxygen atoms in total.